The van der Waals surface area contributed by atoms with Gasteiger partial charge < -0.3 is 14.3 Å². The van der Waals surface area contributed by atoms with Crippen LogP contribution in [0.5, 0.6) is 11.5 Å². The Balaban J connectivity index is 2.52. The Kier molecular flexibility index (Phi) is 10.7. The number of oxime groups is 1. The van der Waals surface area contributed by atoms with Crippen molar-refractivity contribution < 1.29 is 14.3 Å². The van der Waals surface area contributed by atoms with Crippen LogP contribution in [0.15, 0.2) is 38.4 Å². The highest BCUT2D eigenvalue weighted by molar-refractivity contribution is 6.56. The van der Waals surface area contributed by atoms with E-state index < -0.39 is 0 Å². The van der Waals surface area contributed by atoms with Gasteiger partial charge in [0.2, 0.25) is 0 Å². The molecule has 0 aliphatic carbocycles. The molecule has 132 valence electrons. The van der Waals surface area contributed by atoms with Crippen molar-refractivity contribution in [2.75, 3.05) is 19.8 Å². The van der Waals surface area contributed by atoms with Gasteiger partial charge in [-0.15, -0.1) is 0 Å². The quantitative estimate of drug-likeness (QED) is 0.247. The van der Waals surface area contributed by atoms with Gasteiger partial charge in [0.05, 0.1) is 16.3 Å². The second kappa shape index (κ2) is 12.0. The molecule has 0 N–H and O–H groups in total. The Labute approximate surface area is 169 Å². The topological polar surface area (TPSA) is 40.0 Å². The summed E-state index contributed by atoms with van der Waals surface area (Å²) in [5.74, 6) is 0.747. The van der Waals surface area contributed by atoms with E-state index in [9.17, 15) is 0 Å². The second-order valence-electron chi connectivity index (χ2n) is 3.91. The van der Waals surface area contributed by atoms with Crippen molar-refractivity contribution in [2.45, 2.75) is 0 Å². The minimum Gasteiger partial charge on any atom is -0.489 e. The maximum Gasteiger partial charge on any atom is 0.157 e. The number of nitrogens with zero attached hydrogens (tertiary/aromatic N) is 1. The van der Waals surface area contributed by atoms with Crippen LogP contribution in [0.25, 0.3) is 0 Å². The smallest absolute Gasteiger partial charge is 0.157 e. The Morgan fingerprint density at radius 2 is 1.46 bits per heavy atom. The normalized spacial score (nSPS) is 10.4. The lowest BCUT2D eigenvalue weighted by atomic mass is 10.3. The molecule has 0 bridgehead atoms. The van der Waals surface area contributed by atoms with E-state index in [0.717, 1.165) is 0 Å². The molecule has 0 amide bonds. The van der Waals surface area contributed by atoms with Gasteiger partial charge in [-0.25, -0.2) is 0 Å². The Morgan fingerprint density at radius 3 is 2.04 bits per heavy atom. The van der Waals surface area contributed by atoms with Gasteiger partial charge in [0.25, 0.3) is 0 Å². The first-order valence-corrected chi connectivity index (χ1v) is 8.57. The summed E-state index contributed by atoms with van der Waals surface area (Å²) in [4.78, 5) is 4.86. The second-order valence-corrected chi connectivity index (χ2v) is 6.74. The molecule has 0 fully saturated rings. The molecule has 0 radical (unpaired) electrons. The van der Waals surface area contributed by atoms with E-state index in [-0.39, 0.29) is 38.8 Å². The molecule has 0 saturated carbocycles. The molecule has 1 aromatic carbocycles. The summed E-state index contributed by atoms with van der Waals surface area (Å²) >= 11 is 34.0. The monoisotopic (exact) mass is 451 g/mol. The van der Waals surface area contributed by atoms with E-state index >= 15 is 0 Å². The van der Waals surface area contributed by atoms with Crippen LogP contribution >= 0.6 is 69.6 Å². The number of halogens is 6. The predicted octanol–water partition coefficient (Wildman–Crippen LogP) is 6.39. The molecule has 0 aliphatic heterocycles. The fraction of sp³-hybridized carbons (Fsp3) is 0.214. The van der Waals surface area contributed by atoms with Crippen LogP contribution in [-0.2, 0) is 4.84 Å². The fourth-order valence-electron chi connectivity index (χ4n) is 1.31. The van der Waals surface area contributed by atoms with E-state index in [1.165, 1.54) is 18.4 Å². The summed E-state index contributed by atoms with van der Waals surface area (Å²) in [6, 6.07) is 3.11. The van der Waals surface area contributed by atoms with E-state index in [4.69, 9.17) is 83.9 Å². The fourth-order valence-corrected chi connectivity index (χ4v) is 2.13. The molecule has 0 heterocycles. The average Bonchev–Trinajstić information content (AvgIpc) is 2.47. The summed E-state index contributed by atoms with van der Waals surface area (Å²) < 4.78 is 11.0. The van der Waals surface area contributed by atoms with Gasteiger partial charge in [-0.2, -0.15) is 0 Å². The lowest BCUT2D eigenvalue weighted by Crippen LogP contribution is -2.01. The molecule has 10 heteroatoms. The number of rotatable bonds is 9. The van der Waals surface area contributed by atoms with Crippen LogP contribution < -0.4 is 9.47 Å². The lowest BCUT2D eigenvalue weighted by molar-refractivity contribution is 0.174. The van der Waals surface area contributed by atoms with Crippen LogP contribution in [0.2, 0.25) is 10.0 Å². The molecule has 0 spiro atoms. The first-order chi connectivity index (χ1) is 11.4. The number of hydrogen-bond donors (Lipinski definition) is 0. The summed E-state index contributed by atoms with van der Waals surface area (Å²) in [5, 5.41) is 4.20. The molecule has 0 atom stereocenters. The molecular formula is C14H11Cl6NO3. The van der Waals surface area contributed by atoms with Crippen molar-refractivity contribution in [3.8, 4) is 11.5 Å². The largest absolute Gasteiger partial charge is 0.489 e. The first kappa shape index (κ1) is 21.6. The third kappa shape index (κ3) is 9.11. The van der Waals surface area contributed by atoms with Gasteiger partial charge in [-0.3, -0.25) is 0 Å². The molecule has 0 saturated heterocycles. The predicted molar refractivity (Wildman–Crippen MR) is 101 cm³/mol. The summed E-state index contributed by atoms with van der Waals surface area (Å²) in [7, 11) is 0. The molecule has 0 aliphatic rings. The van der Waals surface area contributed by atoms with E-state index in [0.29, 0.717) is 11.5 Å². The number of hydrogen-bond acceptors (Lipinski definition) is 4. The van der Waals surface area contributed by atoms with Crippen molar-refractivity contribution in [3.05, 3.63) is 43.3 Å². The first-order valence-electron chi connectivity index (χ1n) is 6.31. The third-order valence-corrected chi connectivity index (χ3v) is 3.40. The average molecular weight is 454 g/mol. The SMILES string of the molecule is ClC(Cl)=CCO/N=C/COc1c(Cl)cc(OCC=C(Cl)Cl)cc1Cl. The Bertz CT molecular complexity index is 602. The molecule has 1 rings (SSSR count). The third-order valence-electron chi connectivity index (χ3n) is 2.22. The van der Waals surface area contributed by atoms with Crippen LogP contribution in [0, 0.1) is 0 Å². The van der Waals surface area contributed by atoms with Crippen LogP contribution in [0.1, 0.15) is 0 Å². The molecule has 4 nitrogen and oxygen atoms in total. The summed E-state index contributed by atoms with van der Waals surface area (Å²) in [5.41, 5.74) is 0. The van der Waals surface area contributed by atoms with E-state index in [1.807, 2.05) is 0 Å². The zero-order chi connectivity index (χ0) is 17.9. The molecule has 0 aromatic heterocycles. The van der Waals surface area contributed by atoms with Crippen molar-refractivity contribution >= 4 is 75.8 Å². The van der Waals surface area contributed by atoms with Crippen molar-refractivity contribution in [1.82, 2.24) is 0 Å². The van der Waals surface area contributed by atoms with Gasteiger partial charge in [0, 0.05) is 12.1 Å². The summed E-state index contributed by atoms with van der Waals surface area (Å²) in [6.07, 6.45) is 4.32. The van der Waals surface area contributed by atoms with Crippen molar-refractivity contribution in [1.29, 1.82) is 0 Å². The van der Waals surface area contributed by atoms with Gasteiger partial charge in [-0.1, -0.05) is 74.8 Å². The minimum absolute atomic E-state index is 0.0998. The standard InChI is InChI=1S/C14H11Cl6NO3/c15-10-7-9(22-4-1-12(17)18)8-11(16)14(10)23-6-3-21-24-5-2-13(19)20/h1-3,7-8H,4-6H2/b21-3+. The van der Waals surface area contributed by atoms with Crippen LogP contribution in [0.3, 0.4) is 0 Å². The van der Waals surface area contributed by atoms with Crippen molar-refractivity contribution in [2.24, 2.45) is 5.16 Å². The van der Waals surface area contributed by atoms with E-state index in [1.54, 1.807) is 12.1 Å². The molecule has 1 aromatic rings. The van der Waals surface area contributed by atoms with Gasteiger partial charge in [-0.05, 0) is 12.2 Å². The highest BCUT2D eigenvalue weighted by atomic mass is 35.5. The van der Waals surface area contributed by atoms with Crippen LogP contribution in [-0.4, -0.2) is 26.0 Å². The maximum absolute atomic E-state index is 6.10. The Hall–Kier alpha value is -0.490. The Morgan fingerprint density at radius 1 is 0.875 bits per heavy atom. The highest BCUT2D eigenvalue weighted by Crippen LogP contribution is 2.36. The summed E-state index contributed by atoms with van der Waals surface area (Å²) in [6.45, 7) is 0.426. The highest BCUT2D eigenvalue weighted by Gasteiger charge is 2.10. The zero-order valence-electron chi connectivity index (χ0n) is 11.9. The van der Waals surface area contributed by atoms with Gasteiger partial charge in [0.15, 0.2) is 5.75 Å². The lowest BCUT2D eigenvalue weighted by Gasteiger charge is -2.10. The maximum atomic E-state index is 6.10. The van der Waals surface area contributed by atoms with Crippen LogP contribution in [0.4, 0.5) is 0 Å². The van der Waals surface area contributed by atoms with Gasteiger partial charge in [0.1, 0.15) is 34.6 Å². The van der Waals surface area contributed by atoms with E-state index in [2.05, 4.69) is 5.16 Å². The molecule has 24 heavy (non-hydrogen) atoms. The number of benzene rings is 1. The molecule has 0 unspecified atom stereocenters. The number of ether oxygens (including phenoxy) is 2. The van der Waals surface area contributed by atoms with Gasteiger partial charge >= 0.3 is 0 Å². The van der Waals surface area contributed by atoms with Crippen molar-refractivity contribution in [3.63, 3.8) is 0 Å². The molecular weight excluding hydrogens is 443 g/mol. The zero-order valence-corrected chi connectivity index (χ0v) is 16.5. The minimum atomic E-state index is 0.0998.